The molecule has 1 saturated carbocycles. The number of nitrogens with one attached hydrogen (secondary N) is 2. The van der Waals surface area contributed by atoms with Crippen LogP contribution in [-0.2, 0) is 16.1 Å². The molecule has 10 heteroatoms. The number of aromatic nitrogens is 3. The monoisotopic (exact) mass is 368 g/mol. The first kappa shape index (κ1) is 19.2. The molecule has 4 N–H and O–H groups in total. The molecule has 2 rings (SSSR count). The average molecular weight is 368 g/mol. The Bertz CT molecular complexity index is 663. The van der Waals surface area contributed by atoms with Crippen LogP contribution in [0.4, 0.5) is 4.79 Å². The number of carbonyl (C=O) groups is 3. The van der Waals surface area contributed by atoms with Gasteiger partial charge in [0.15, 0.2) is 5.16 Å². The Morgan fingerprint density at radius 3 is 2.52 bits per heavy atom. The fraction of sp³-hybridized carbons (Fsp3) is 0.667. The molecule has 25 heavy (non-hydrogen) atoms. The highest BCUT2D eigenvalue weighted by atomic mass is 32.2. The summed E-state index contributed by atoms with van der Waals surface area (Å²) in [5, 5.41) is 13.8. The molecule has 0 aliphatic heterocycles. The molecule has 1 heterocycles. The molecule has 1 aliphatic rings. The van der Waals surface area contributed by atoms with E-state index in [0.29, 0.717) is 17.6 Å². The first-order chi connectivity index (χ1) is 11.7. The largest absolute Gasteiger partial charge is 0.370 e. The number of rotatable bonds is 7. The molecular formula is C15H24N6O3S. The molecule has 0 atom stereocenters. The lowest BCUT2D eigenvalue weighted by molar-refractivity contribution is -0.118. The number of imide groups is 1. The molecule has 0 unspecified atom stereocenters. The number of thioether (sulfide) groups is 1. The minimum absolute atomic E-state index is 0.0247. The molecule has 4 amide bonds. The smallest absolute Gasteiger partial charge is 0.321 e. The molecule has 1 aromatic rings. The zero-order chi connectivity index (χ0) is 18.6. The minimum Gasteiger partial charge on any atom is -0.370 e. The SMILES string of the molecule is CC(C)(C)NC(=O)NC(=O)CSc1nnc(C2CC2)n1CCC(N)=O. The number of carbonyl (C=O) groups excluding carboxylic acids is 3. The van der Waals surface area contributed by atoms with Gasteiger partial charge in [-0.1, -0.05) is 11.8 Å². The van der Waals surface area contributed by atoms with E-state index in [-0.39, 0.29) is 12.2 Å². The molecule has 138 valence electrons. The summed E-state index contributed by atoms with van der Waals surface area (Å²) >= 11 is 1.18. The van der Waals surface area contributed by atoms with Gasteiger partial charge in [0.25, 0.3) is 0 Å². The van der Waals surface area contributed by atoms with Crippen molar-refractivity contribution in [1.82, 2.24) is 25.4 Å². The van der Waals surface area contributed by atoms with E-state index in [1.807, 2.05) is 25.3 Å². The highest BCUT2D eigenvalue weighted by molar-refractivity contribution is 7.99. The summed E-state index contributed by atoms with van der Waals surface area (Å²) in [4.78, 5) is 34.7. The molecular weight excluding hydrogens is 344 g/mol. The maximum atomic E-state index is 11.9. The van der Waals surface area contributed by atoms with Crippen LogP contribution in [0, 0.1) is 0 Å². The van der Waals surface area contributed by atoms with Crippen molar-refractivity contribution in [2.24, 2.45) is 5.73 Å². The zero-order valence-electron chi connectivity index (χ0n) is 14.7. The van der Waals surface area contributed by atoms with E-state index in [4.69, 9.17) is 5.73 Å². The Balaban J connectivity index is 1.92. The molecule has 0 saturated heterocycles. The van der Waals surface area contributed by atoms with Crippen molar-refractivity contribution >= 4 is 29.6 Å². The average Bonchev–Trinajstić information content (AvgIpc) is 3.22. The van der Waals surface area contributed by atoms with Crippen molar-refractivity contribution in [2.75, 3.05) is 5.75 Å². The molecule has 1 aliphatic carbocycles. The van der Waals surface area contributed by atoms with Crippen molar-refractivity contribution in [3.8, 4) is 0 Å². The number of hydrogen-bond donors (Lipinski definition) is 3. The number of amides is 4. The Morgan fingerprint density at radius 1 is 1.28 bits per heavy atom. The van der Waals surface area contributed by atoms with E-state index < -0.39 is 23.4 Å². The number of primary amides is 1. The number of nitrogens with two attached hydrogens (primary N) is 1. The maximum absolute atomic E-state index is 11.9. The van der Waals surface area contributed by atoms with E-state index in [1.165, 1.54) is 11.8 Å². The summed E-state index contributed by atoms with van der Waals surface area (Å²) in [5.74, 6) is 0.389. The second-order valence-corrected chi connectivity index (χ2v) is 7.97. The summed E-state index contributed by atoms with van der Waals surface area (Å²) in [6.07, 6.45) is 2.28. The number of urea groups is 1. The van der Waals surface area contributed by atoms with Crippen molar-refractivity contribution in [3.05, 3.63) is 5.82 Å². The minimum atomic E-state index is -0.535. The van der Waals surface area contributed by atoms with Crippen LogP contribution in [0.2, 0.25) is 0 Å². The van der Waals surface area contributed by atoms with Gasteiger partial charge < -0.3 is 15.6 Å². The second kappa shape index (κ2) is 7.85. The second-order valence-electron chi connectivity index (χ2n) is 7.02. The van der Waals surface area contributed by atoms with Gasteiger partial charge in [0, 0.05) is 24.4 Å². The lowest BCUT2D eigenvalue weighted by Gasteiger charge is -2.20. The molecule has 0 radical (unpaired) electrons. The van der Waals surface area contributed by atoms with Gasteiger partial charge in [-0.2, -0.15) is 0 Å². The molecule has 0 bridgehead atoms. The van der Waals surface area contributed by atoms with Crippen LogP contribution in [0.15, 0.2) is 5.16 Å². The van der Waals surface area contributed by atoms with E-state index in [0.717, 1.165) is 18.7 Å². The van der Waals surface area contributed by atoms with Crippen LogP contribution in [0.25, 0.3) is 0 Å². The van der Waals surface area contributed by atoms with Gasteiger partial charge in [-0.15, -0.1) is 10.2 Å². The number of hydrogen-bond acceptors (Lipinski definition) is 6. The van der Waals surface area contributed by atoms with Gasteiger partial charge in [-0.05, 0) is 33.6 Å². The van der Waals surface area contributed by atoms with E-state index >= 15 is 0 Å². The Kier molecular flexibility index (Phi) is 6.04. The topological polar surface area (TPSA) is 132 Å². The molecule has 1 aromatic heterocycles. The highest BCUT2D eigenvalue weighted by Gasteiger charge is 2.30. The van der Waals surface area contributed by atoms with Crippen LogP contribution in [-0.4, -0.2) is 43.9 Å². The van der Waals surface area contributed by atoms with Gasteiger partial charge in [-0.3, -0.25) is 14.9 Å². The zero-order valence-corrected chi connectivity index (χ0v) is 15.5. The third-order valence-electron chi connectivity index (χ3n) is 3.34. The summed E-state index contributed by atoms with van der Waals surface area (Å²) < 4.78 is 1.84. The third kappa shape index (κ3) is 6.37. The van der Waals surface area contributed by atoms with Crippen molar-refractivity contribution in [2.45, 2.75) is 63.2 Å². The van der Waals surface area contributed by atoms with Crippen LogP contribution < -0.4 is 16.4 Å². The van der Waals surface area contributed by atoms with Gasteiger partial charge in [0.1, 0.15) is 5.82 Å². The Morgan fingerprint density at radius 2 is 1.96 bits per heavy atom. The van der Waals surface area contributed by atoms with Gasteiger partial charge in [0.2, 0.25) is 11.8 Å². The highest BCUT2D eigenvalue weighted by Crippen LogP contribution is 2.40. The van der Waals surface area contributed by atoms with Crippen molar-refractivity contribution < 1.29 is 14.4 Å². The number of nitrogens with zero attached hydrogens (tertiary/aromatic N) is 3. The van der Waals surface area contributed by atoms with Gasteiger partial charge in [-0.25, -0.2) is 4.79 Å². The van der Waals surface area contributed by atoms with Crippen LogP contribution in [0.1, 0.15) is 51.8 Å². The third-order valence-corrected chi connectivity index (χ3v) is 4.31. The van der Waals surface area contributed by atoms with Crippen molar-refractivity contribution in [3.63, 3.8) is 0 Å². The predicted molar refractivity (Wildman–Crippen MR) is 93.0 cm³/mol. The van der Waals surface area contributed by atoms with Crippen LogP contribution >= 0.6 is 11.8 Å². The molecule has 1 fully saturated rings. The van der Waals surface area contributed by atoms with Crippen LogP contribution in [0.3, 0.4) is 0 Å². The summed E-state index contributed by atoms with van der Waals surface area (Å²) in [6.45, 7) is 5.87. The summed E-state index contributed by atoms with van der Waals surface area (Å²) in [5.41, 5.74) is 4.79. The first-order valence-corrected chi connectivity index (χ1v) is 9.10. The van der Waals surface area contributed by atoms with E-state index in [2.05, 4.69) is 20.8 Å². The maximum Gasteiger partial charge on any atom is 0.321 e. The lowest BCUT2D eigenvalue weighted by Crippen LogP contribution is -2.48. The van der Waals surface area contributed by atoms with Crippen molar-refractivity contribution in [1.29, 1.82) is 0 Å². The summed E-state index contributed by atoms with van der Waals surface area (Å²) in [6, 6.07) is -0.535. The fourth-order valence-electron chi connectivity index (χ4n) is 2.15. The van der Waals surface area contributed by atoms with Gasteiger partial charge in [0.05, 0.1) is 5.75 Å². The summed E-state index contributed by atoms with van der Waals surface area (Å²) in [7, 11) is 0. The van der Waals surface area contributed by atoms with E-state index in [1.54, 1.807) is 0 Å². The van der Waals surface area contributed by atoms with E-state index in [9.17, 15) is 14.4 Å². The van der Waals surface area contributed by atoms with Crippen LogP contribution in [0.5, 0.6) is 0 Å². The molecule has 9 nitrogen and oxygen atoms in total. The Labute approximate surface area is 150 Å². The first-order valence-electron chi connectivity index (χ1n) is 8.12. The quantitative estimate of drug-likeness (QED) is 0.608. The Hall–Kier alpha value is -2.10. The lowest BCUT2D eigenvalue weighted by atomic mass is 10.1. The fourth-order valence-corrected chi connectivity index (χ4v) is 2.92. The molecule has 0 aromatic carbocycles. The molecule has 0 spiro atoms. The standard InChI is InChI=1S/C15H24N6O3S/c1-15(2,3)18-13(24)17-11(23)8-25-14-20-19-12(9-4-5-9)21(14)7-6-10(16)22/h9H,4-8H2,1-3H3,(H2,16,22)(H2,17,18,23,24). The predicted octanol–water partition coefficient (Wildman–Crippen LogP) is 0.747. The van der Waals surface area contributed by atoms with Gasteiger partial charge >= 0.3 is 6.03 Å². The normalized spacial score (nSPS) is 14.2.